The molecule has 5 rings (SSSR count). The number of nitrogens with zero attached hydrogens (tertiary/aromatic N) is 8. The number of rotatable bonds is 5. The summed E-state index contributed by atoms with van der Waals surface area (Å²) in [5.41, 5.74) is 1.97. The van der Waals surface area contributed by atoms with Crippen molar-refractivity contribution in [2.45, 2.75) is 31.7 Å². The number of hydrogen-bond donors (Lipinski definition) is 0. The van der Waals surface area contributed by atoms with Crippen LogP contribution in [0.5, 0.6) is 5.75 Å². The summed E-state index contributed by atoms with van der Waals surface area (Å²) in [6.45, 7) is 0.752. The highest BCUT2D eigenvalue weighted by atomic mass is 16.5. The Hall–Kier alpha value is -3.49. The van der Waals surface area contributed by atoms with Crippen LogP contribution in [0.2, 0.25) is 0 Å². The molecule has 1 aliphatic rings. The minimum absolute atomic E-state index is 0.211. The maximum Gasteiger partial charge on any atom is 0.155 e. The average Bonchev–Trinajstić information content (AvgIpc) is 3.47. The van der Waals surface area contributed by atoms with Crippen molar-refractivity contribution in [3.63, 3.8) is 0 Å². The first-order valence-corrected chi connectivity index (χ1v) is 9.64. The van der Waals surface area contributed by atoms with Gasteiger partial charge in [-0.3, -0.25) is 4.68 Å². The number of aromatic nitrogens is 8. The molecule has 1 aromatic carbocycles. The Morgan fingerprint density at radius 2 is 2.10 bits per heavy atom. The second-order valence-electron chi connectivity index (χ2n) is 7.25. The maximum absolute atomic E-state index is 5.49. The van der Waals surface area contributed by atoms with E-state index in [-0.39, 0.29) is 5.92 Å². The maximum atomic E-state index is 5.49. The first kappa shape index (κ1) is 17.6. The molecule has 0 saturated carbocycles. The number of fused-ring (bicyclic) bond motifs is 1. The lowest BCUT2D eigenvalue weighted by molar-refractivity contribution is 0.404. The van der Waals surface area contributed by atoms with Crippen LogP contribution in [0.1, 0.15) is 35.4 Å². The van der Waals surface area contributed by atoms with Crippen LogP contribution in [0.4, 0.5) is 0 Å². The molecule has 0 amide bonds. The monoisotopic (exact) mass is 390 g/mol. The van der Waals surface area contributed by atoms with Gasteiger partial charge in [-0.05, 0) is 12.5 Å². The minimum Gasteiger partial charge on any atom is -0.496 e. The first-order chi connectivity index (χ1) is 14.2. The first-order valence-electron chi connectivity index (χ1n) is 9.64. The Kier molecular flexibility index (Phi) is 4.34. The van der Waals surface area contributed by atoms with E-state index in [9.17, 15) is 0 Å². The van der Waals surface area contributed by atoms with Crippen LogP contribution >= 0.6 is 0 Å². The summed E-state index contributed by atoms with van der Waals surface area (Å²) >= 11 is 0. The zero-order valence-electron chi connectivity index (χ0n) is 16.4. The molecule has 0 radical (unpaired) electrons. The van der Waals surface area contributed by atoms with Gasteiger partial charge in [0.1, 0.15) is 29.4 Å². The molecule has 148 valence electrons. The number of methoxy groups -OCH3 is 1. The van der Waals surface area contributed by atoms with Gasteiger partial charge in [-0.25, -0.2) is 19.3 Å². The van der Waals surface area contributed by atoms with Crippen LogP contribution in [-0.2, 0) is 26.4 Å². The fourth-order valence-electron chi connectivity index (χ4n) is 3.88. The SMILES string of the molecule is COc1ccccc1Cc1nc(C2CCc3ncnn3C2)n(-c2cnn(C)c2)n1. The molecule has 29 heavy (non-hydrogen) atoms. The van der Waals surface area contributed by atoms with E-state index in [1.54, 1.807) is 18.1 Å². The fourth-order valence-corrected chi connectivity index (χ4v) is 3.88. The molecule has 0 bridgehead atoms. The number of ether oxygens (including phenoxy) is 1. The minimum atomic E-state index is 0.211. The smallest absolute Gasteiger partial charge is 0.155 e. The molecule has 1 aliphatic heterocycles. The highest BCUT2D eigenvalue weighted by Crippen LogP contribution is 2.29. The lowest BCUT2D eigenvalue weighted by Gasteiger charge is -2.21. The third-order valence-corrected chi connectivity index (χ3v) is 5.32. The molecule has 4 aromatic rings. The number of aryl methyl sites for hydroxylation is 2. The molecule has 0 fully saturated rings. The van der Waals surface area contributed by atoms with E-state index < -0.39 is 0 Å². The van der Waals surface area contributed by atoms with Crippen LogP contribution in [0.25, 0.3) is 5.69 Å². The van der Waals surface area contributed by atoms with Crippen molar-refractivity contribution in [1.82, 2.24) is 39.3 Å². The summed E-state index contributed by atoms with van der Waals surface area (Å²) in [5, 5.41) is 13.5. The summed E-state index contributed by atoms with van der Waals surface area (Å²) in [6, 6.07) is 7.98. The van der Waals surface area contributed by atoms with Crippen LogP contribution in [0, 0.1) is 0 Å². The molecule has 3 aromatic heterocycles. The van der Waals surface area contributed by atoms with Crippen LogP contribution in [0.15, 0.2) is 43.0 Å². The standard InChI is InChI=1S/C20H22N8O/c1-26-12-16(10-22-26)28-20(15-7-8-19-21-13-23-27(19)11-15)24-18(25-28)9-14-5-3-4-6-17(14)29-2/h3-6,10,12-13,15H,7-9,11H2,1-2H3. The van der Waals surface area contributed by atoms with Crippen molar-refractivity contribution in [2.75, 3.05) is 7.11 Å². The highest BCUT2D eigenvalue weighted by Gasteiger charge is 2.27. The van der Waals surface area contributed by atoms with Gasteiger partial charge in [-0.1, -0.05) is 18.2 Å². The van der Waals surface area contributed by atoms with Gasteiger partial charge in [-0.15, -0.1) is 0 Å². The molecule has 9 heteroatoms. The molecular formula is C20H22N8O. The number of benzene rings is 1. The lowest BCUT2D eigenvalue weighted by Crippen LogP contribution is -2.22. The molecule has 4 heterocycles. The Morgan fingerprint density at radius 3 is 2.93 bits per heavy atom. The van der Waals surface area contributed by atoms with Crippen molar-refractivity contribution in [2.24, 2.45) is 7.05 Å². The molecule has 0 aliphatic carbocycles. The lowest BCUT2D eigenvalue weighted by atomic mass is 9.99. The summed E-state index contributed by atoms with van der Waals surface area (Å²) in [6.07, 6.45) is 7.84. The van der Waals surface area contributed by atoms with Gasteiger partial charge < -0.3 is 4.74 Å². The molecule has 0 N–H and O–H groups in total. The predicted octanol–water partition coefficient (Wildman–Crippen LogP) is 1.92. The van der Waals surface area contributed by atoms with Gasteiger partial charge in [0.25, 0.3) is 0 Å². The normalized spacial score (nSPS) is 16.0. The predicted molar refractivity (Wildman–Crippen MR) is 105 cm³/mol. The Labute approximate surface area is 168 Å². The summed E-state index contributed by atoms with van der Waals surface area (Å²) in [7, 11) is 3.59. The van der Waals surface area contributed by atoms with Gasteiger partial charge >= 0.3 is 0 Å². The van der Waals surface area contributed by atoms with Gasteiger partial charge in [0.15, 0.2) is 5.82 Å². The van der Waals surface area contributed by atoms with E-state index in [1.165, 1.54) is 0 Å². The highest BCUT2D eigenvalue weighted by molar-refractivity contribution is 5.36. The quantitative estimate of drug-likeness (QED) is 0.517. The molecular weight excluding hydrogens is 368 g/mol. The van der Waals surface area contributed by atoms with E-state index in [2.05, 4.69) is 15.2 Å². The van der Waals surface area contributed by atoms with Crippen molar-refractivity contribution >= 4 is 0 Å². The molecule has 1 unspecified atom stereocenters. The second-order valence-corrected chi connectivity index (χ2v) is 7.25. The fraction of sp³-hybridized carbons (Fsp3) is 0.350. The van der Waals surface area contributed by atoms with Crippen LogP contribution in [0.3, 0.4) is 0 Å². The summed E-state index contributed by atoms with van der Waals surface area (Å²) < 4.78 is 11.2. The molecule has 0 saturated heterocycles. The third-order valence-electron chi connectivity index (χ3n) is 5.32. The van der Waals surface area contributed by atoms with Crippen molar-refractivity contribution in [3.05, 3.63) is 66.0 Å². The van der Waals surface area contributed by atoms with Gasteiger partial charge in [-0.2, -0.15) is 15.3 Å². The Balaban J connectivity index is 1.53. The zero-order valence-corrected chi connectivity index (χ0v) is 16.4. The van der Waals surface area contributed by atoms with E-state index >= 15 is 0 Å². The van der Waals surface area contributed by atoms with Crippen molar-refractivity contribution in [3.8, 4) is 11.4 Å². The summed E-state index contributed by atoms with van der Waals surface area (Å²) in [5.74, 6) is 3.78. The van der Waals surface area contributed by atoms with Crippen LogP contribution < -0.4 is 4.74 Å². The van der Waals surface area contributed by atoms with Crippen molar-refractivity contribution < 1.29 is 4.74 Å². The third kappa shape index (κ3) is 3.28. The molecule has 1 atom stereocenters. The second kappa shape index (κ2) is 7.16. The van der Waals surface area contributed by atoms with E-state index in [0.29, 0.717) is 6.42 Å². The Bertz CT molecular complexity index is 1140. The zero-order chi connectivity index (χ0) is 19.8. The van der Waals surface area contributed by atoms with Gasteiger partial charge in [0.2, 0.25) is 0 Å². The van der Waals surface area contributed by atoms with Crippen LogP contribution in [-0.4, -0.2) is 46.4 Å². The number of para-hydroxylation sites is 1. The largest absolute Gasteiger partial charge is 0.496 e. The summed E-state index contributed by atoms with van der Waals surface area (Å²) in [4.78, 5) is 9.28. The average molecular weight is 390 g/mol. The molecule has 9 nitrogen and oxygen atoms in total. The number of hydrogen-bond acceptors (Lipinski definition) is 6. The van der Waals surface area contributed by atoms with Crippen molar-refractivity contribution in [1.29, 1.82) is 0 Å². The Morgan fingerprint density at radius 1 is 1.21 bits per heavy atom. The molecule has 0 spiro atoms. The van der Waals surface area contributed by atoms with Gasteiger partial charge in [0, 0.05) is 31.4 Å². The van der Waals surface area contributed by atoms with E-state index in [4.69, 9.17) is 14.8 Å². The van der Waals surface area contributed by atoms with Gasteiger partial charge in [0.05, 0.1) is 26.0 Å². The topological polar surface area (TPSA) is 88.5 Å². The van der Waals surface area contributed by atoms with E-state index in [1.807, 2.05) is 53.1 Å². The van der Waals surface area contributed by atoms with E-state index in [0.717, 1.165) is 53.9 Å².